The summed E-state index contributed by atoms with van der Waals surface area (Å²) in [6.45, 7) is 4.83. The molecule has 1 fully saturated rings. The van der Waals surface area contributed by atoms with E-state index >= 15 is 0 Å². The van der Waals surface area contributed by atoms with Crippen LogP contribution in [0.2, 0.25) is 0 Å². The van der Waals surface area contributed by atoms with Crippen LogP contribution in [0.1, 0.15) is 48.8 Å². The summed E-state index contributed by atoms with van der Waals surface area (Å²) in [7, 11) is 0. The lowest BCUT2D eigenvalue weighted by atomic mass is 9.88. The van der Waals surface area contributed by atoms with Crippen molar-refractivity contribution in [1.29, 1.82) is 0 Å². The summed E-state index contributed by atoms with van der Waals surface area (Å²) in [5.41, 5.74) is 4.65. The van der Waals surface area contributed by atoms with E-state index in [2.05, 4.69) is 38.1 Å². The number of aryl methyl sites for hydroxylation is 2. The first-order valence-electron chi connectivity index (χ1n) is 9.85. The fourth-order valence-corrected chi connectivity index (χ4v) is 4.91. The van der Waals surface area contributed by atoms with Gasteiger partial charge >= 0.3 is 0 Å². The first kappa shape index (κ1) is 18.2. The number of carbonyl (C=O) groups is 1. The summed E-state index contributed by atoms with van der Waals surface area (Å²) in [6, 6.07) is 14.6. The molecule has 140 valence electrons. The average molecular weight is 379 g/mol. The topological polar surface area (TPSA) is 33.2 Å². The van der Waals surface area contributed by atoms with Crippen LogP contribution in [-0.4, -0.2) is 10.9 Å². The monoisotopic (exact) mass is 378 g/mol. The van der Waals surface area contributed by atoms with Crippen LogP contribution in [-0.2, 0) is 11.3 Å². The van der Waals surface area contributed by atoms with Gasteiger partial charge in [-0.3, -0.25) is 9.69 Å². The molecule has 2 aromatic carbocycles. The number of hydrogen-bond donors (Lipinski definition) is 0. The Morgan fingerprint density at radius 2 is 1.78 bits per heavy atom. The number of anilines is 1. The summed E-state index contributed by atoms with van der Waals surface area (Å²) in [5, 5.41) is 0.828. The molecule has 4 rings (SSSR count). The molecule has 0 radical (unpaired) electrons. The number of fused-ring (bicyclic) bond motifs is 1. The van der Waals surface area contributed by atoms with E-state index in [9.17, 15) is 4.79 Å². The molecular weight excluding hydrogens is 352 g/mol. The minimum Gasteiger partial charge on any atom is -0.283 e. The first-order valence-corrected chi connectivity index (χ1v) is 10.7. The molecule has 4 heteroatoms. The number of thiazole rings is 1. The number of benzene rings is 2. The molecule has 1 aliphatic carbocycles. The molecule has 0 spiro atoms. The SMILES string of the molecule is Cc1cc2nc(N(Cc3ccccc3)C(=O)C3CCCCC3)sc2cc1C. The third-order valence-corrected chi connectivity index (χ3v) is 6.67. The van der Waals surface area contributed by atoms with Gasteiger partial charge in [0.1, 0.15) is 0 Å². The fourth-order valence-electron chi connectivity index (χ4n) is 3.86. The van der Waals surface area contributed by atoms with Gasteiger partial charge in [0.05, 0.1) is 16.8 Å². The van der Waals surface area contributed by atoms with Crippen LogP contribution < -0.4 is 4.90 Å². The van der Waals surface area contributed by atoms with Gasteiger partial charge in [-0.2, -0.15) is 0 Å². The van der Waals surface area contributed by atoms with Crippen molar-refractivity contribution < 1.29 is 4.79 Å². The maximum atomic E-state index is 13.4. The Morgan fingerprint density at radius 1 is 1.07 bits per heavy atom. The summed E-state index contributed by atoms with van der Waals surface area (Å²) in [4.78, 5) is 20.2. The number of nitrogens with zero attached hydrogens (tertiary/aromatic N) is 2. The van der Waals surface area contributed by atoms with Crippen molar-refractivity contribution in [2.24, 2.45) is 5.92 Å². The van der Waals surface area contributed by atoms with Gasteiger partial charge in [0.15, 0.2) is 5.13 Å². The Hall–Kier alpha value is -2.20. The number of hydrogen-bond acceptors (Lipinski definition) is 3. The van der Waals surface area contributed by atoms with Crippen molar-refractivity contribution in [3.8, 4) is 0 Å². The molecule has 0 bridgehead atoms. The summed E-state index contributed by atoms with van der Waals surface area (Å²) < 4.78 is 1.16. The minimum atomic E-state index is 0.137. The van der Waals surface area contributed by atoms with Crippen LogP contribution >= 0.6 is 11.3 Å². The van der Waals surface area contributed by atoms with Gasteiger partial charge in [-0.15, -0.1) is 0 Å². The Morgan fingerprint density at radius 3 is 2.52 bits per heavy atom. The van der Waals surface area contributed by atoms with Crippen molar-refractivity contribution in [2.75, 3.05) is 4.90 Å². The number of amides is 1. The maximum Gasteiger partial charge on any atom is 0.232 e. The molecule has 0 N–H and O–H groups in total. The van der Waals surface area contributed by atoms with E-state index in [1.807, 2.05) is 23.1 Å². The second-order valence-electron chi connectivity index (χ2n) is 7.65. The zero-order valence-electron chi connectivity index (χ0n) is 16.1. The lowest BCUT2D eigenvalue weighted by Crippen LogP contribution is -2.36. The molecule has 0 aliphatic heterocycles. The third-order valence-electron chi connectivity index (χ3n) is 5.63. The van der Waals surface area contributed by atoms with Crippen molar-refractivity contribution in [3.05, 3.63) is 59.2 Å². The van der Waals surface area contributed by atoms with E-state index < -0.39 is 0 Å². The smallest absolute Gasteiger partial charge is 0.232 e. The highest BCUT2D eigenvalue weighted by atomic mass is 32.1. The van der Waals surface area contributed by atoms with Crippen molar-refractivity contribution in [3.63, 3.8) is 0 Å². The van der Waals surface area contributed by atoms with Gasteiger partial charge in [0.25, 0.3) is 0 Å². The molecule has 0 atom stereocenters. The highest BCUT2D eigenvalue weighted by Crippen LogP contribution is 2.34. The predicted octanol–water partition coefficient (Wildman–Crippen LogP) is 6.03. The lowest BCUT2D eigenvalue weighted by molar-refractivity contribution is -0.123. The molecule has 27 heavy (non-hydrogen) atoms. The highest BCUT2D eigenvalue weighted by Gasteiger charge is 2.29. The third kappa shape index (κ3) is 3.91. The van der Waals surface area contributed by atoms with Gasteiger partial charge < -0.3 is 0 Å². The zero-order chi connectivity index (χ0) is 18.8. The summed E-state index contributed by atoms with van der Waals surface area (Å²) in [5.74, 6) is 0.379. The lowest BCUT2D eigenvalue weighted by Gasteiger charge is -2.27. The molecule has 0 saturated heterocycles. The van der Waals surface area contributed by atoms with E-state index in [0.29, 0.717) is 6.54 Å². The molecule has 1 amide bonds. The van der Waals surface area contributed by atoms with Gasteiger partial charge in [-0.25, -0.2) is 4.98 Å². The van der Waals surface area contributed by atoms with E-state index in [1.54, 1.807) is 11.3 Å². The zero-order valence-corrected chi connectivity index (χ0v) is 16.9. The van der Waals surface area contributed by atoms with Crippen LogP contribution in [0.25, 0.3) is 10.2 Å². The van der Waals surface area contributed by atoms with Crippen molar-refractivity contribution >= 4 is 32.6 Å². The fraction of sp³-hybridized carbons (Fsp3) is 0.391. The van der Waals surface area contributed by atoms with Gasteiger partial charge in [-0.1, -0.05) is 60.9 Å². The quantitative estimate of drug-likeness (QED) is 0.555. The van der Waals surface area contributed by atoms with E-state index in [0.717, 1.165) is 46.6 Å². The predicted molar refractivity (Wildman–Crippen MR) is 113 cm³/mol. The Balaban J connectivity index is 1.71. The van der Waals surface area contributed by atoms with E-state index in [4.69, 9.17) is 4.98 Å². The number of rotatable bonds is 4. The molecule has 1 saturated carbocycles. The normalized spacial score (nSPS) is 15.2. The average Bonchev–Trinajstić information content (AvgIpc) is 3.10. The van der Waals surface area contributed by atoms with Crippen molar-refractivity contribution in [1.82, 2.24) is 4.98 Å². The molecule has 1 heterocycles. The van der Waals surface area contributed by atoms with Crippen LogP contribution in [0.5, 0.6) is 0 Å². The van der Waals surface area contributed by atoms with E-state index in [-0.39, 0.29) is 11.8 Å². The molecule has 0 unspecified atom stereocenters. The Bertz CT molecular complexity index is 903. The molecule has 1 aliphatic rings. The van der Waals surface area contributed by atoms with Crippen LogP contribution in [0.3, 0.4) is 0 Å². The van der Waals surface area contributed by atoms with E-state index in [1.165, 1.54) is 17.5 Å². The minimum absolute atomic E-state index is 0.137. The van der Waals surface area contributed by atoms with Gasteiger partial charge in [0.2, 0.25) is 5.91 Å². The molecular formula is C23H26N2OS. The van der Waals surface area contributed by atoms with Crippen LogP contribution in [0, 0.1) is 19.8 Å². The molecule has 1 aromatic heterocycles. The van der Waals surface area contributed by atoms with Gasteiger partial charge in [0, 0.05) is 5.92 Å². The Kier molecular flexibility index (Phi) is 5.26. The molecule has 3 aromatic rings. The summed E-state index contributed by atoms with van der Waals surface area (Å²) in [6.07, 6.45) is 5.59. The van der Waals surface area contributed by atoms with Crippen LogP contribution in [0.4, 0.5) is 5.13 Å². The number of aromatic nitrogens is 1. The molecule has 3 nitrogen and oxygen atoms in total. The second-order valence-corrected chi connectivity index (χ2v) is 8.65. The van der Waals surface area contributed by atoms with Crippen molar-refractivity contribution in [2.45, 2.75) is 52.5 Å². The first-order chi connectivity index (χ1) is 13.1. The second kappa shape index (κ2) is 7.81. The van der Waals surface area contributed by atoms with Crippen LogP contribution in [0.15, 0.2) is 42.5 Å². The standard InChI is InChI=1S/C23H26N2OS/c1-16-13-20-21(14-17(16)2)27-23(24-20)25(15-18-9-5-3-6-10-18)22(26)19-11-7-4-8-12-19/h3,5-6,9-10,13-14,19H,4,7-8,11-12,15H2,1-2H3. The Labute approximate surface area is 165 Å². The highest BCUT2D eigenvalue weighted by molar-refractivity contribution is 7.22. The largest absolute Gasteiger partial charge is 0.283 e. The number of carbonyl (C=O) groups excluding carboxylic acids is 1. The maximum absolute atomic E-state index is 13.4. The summed E-state index contributed by atoms with van der Waals surface area (Å²) >= 11 is 1.63. The van der Waals surface area contributed by atoms with Gasteiger partial charge in [-0.05, 0) is 55.5 Å².